The van der Waals surface area contributed by atoms with Crippen LogP contribution in [0, 0.1) is 0 Å². The van der Waals surface area contributed by atoms with E-state index in [4.69, 9.17) is 21.7 Å². The second kappa shape index (κ2) is 8.87. The Balaban J connectivity index is 2.08. The van der Waals surface area contributed by atoms with Gasteiger partial charge in [0.05, 0.1) is 19.1 Å². The monoisotopic (exact) mass is 380 g/mol. The number of thioether (sulfide) groups is 1. The van der Waals surface area contributed by atoms with E-state index in [1.54, 1.807) is 32.4 Å². The second-order valence-corrected chi connectivity index (χ2v) is 6.95. The van der Waals surface area contributed by atoms with E-state index in [0.29, 0.717) is 40.1 Å². The number of hydrogen-bond donors (Lipinski definition) is 0. The van der Waals surface area contributed by atoms with Gasteiger partial charge in [0.2, 0.25) is 0 Å². The average molecular weight is 380 g/mol. The van der Waals surface area contributed by atoms with Gasteiger partial charge in [0.1, 0.15) is 4.32 Å². The molecule has 1 aromatic carbocycles. The second-order valence-electron chi connectivity index (χ2n) is 5.28. The summed E-state index contributed by atoms with van der Waals surface area (Å²) in [5.74, 6) is -0.0638. The molecule has 1 aromatic rings. The van der Waals surface area contributed by atoms with Crippen LogP contribution in [-0.2, 0) is 9.59 Å². The van der Waals surface area contributed by atoms with Crippen molar-refractivity contribution in [2.45, 2.75) is 19.3 Å². The highest BCUT2D eigenvalue weighted by Gasteiger charge is 2.31. The maximum Gasteiger partial charge on any atom is 0.266 e. The number of carboxylic acids is 1. The molecule has 1 aliphatic heterocycles. The third-order valence-corrected chi connectivity index (χ3v) is 4.97. The molecule has 0 radical (unpaired) electrons. The van der Waals surface area contributed by atoms with Crippen LogP contribution in [0.1, 0.15) is 24.8 Å². The van der Waals surface area contributed by atoms with Crippen LogP contribution in [0.25, 0.3) is 6.08 Å². The van der Waals surface area contributed by atoms with E-state index in [0.717, 1.165) is 5.56 Å². The molecule has 0 saturated carbocycles. The predicted octanol–water partition coefficient (Wildman–Crippen LogP) is 1.83. The average Bonchev–Trinajstić information content (AvgIpc) is 2.85. The molecule has 1 heterocycles. The standard InChI is InChI=1S/C17H19NO5S2/c1-22-12-7-6-11(9-13(12)23-2)10-14-16(21)18(17(24)25-14)8-4-3-5-15(19)20/h6-7,9-10H,3-5,8H2,1-2H3,(H,19,20)/p-1/b14-10-. The van der Waals surface area contributed by atoms with E-state index in [1.807, 2.05) is 6.07 Å². The number of amides is 1. The molecule has 0 bridgehead atoms. The van der Waals surface area contributed by atoms with Crippen molar-refractivity contribution in [1.29, 1.82) is 0 Å². The largest absolute Gasteiger partial charge is 0.550 e. The zero-order valence-electron chi connectivity index (χ0n) is 13.9. The van der Waals surface area contributed by atoms with E-state index < -0.39 is 5.97 Å². The highest BCUT2D eigenvalue weighted by molar-refractivity contribution is 8.26. The molecular weight excluding hydrogens is 362 g/mol. The maximum atomic E-state index is 12.5. The van der Waals surface area contributed by atoms with Gasteiger partial charge in [-0.1, -0.05) is 30.0 Å². The molecule has 0 aliphatic carbocycles. The number of thiocarbonyl (C=S) groups is 1. The van der Waals surface area contributed by atoms with Crippen LogP contribution in [0.4, 0.5) is 0 Å². The normalized spacial score (nSPS) is 15.8. The lowest BCUT2D eigenvalue weighted by Gasteiger charge is -2.14. The van der Waals surface area contributed by atoms with Crippen molar-refractivity contribution >= 4 is 46.3 Å². The van der Waals surface area contributed by atoms with Gasteiger partial charge in [-0.15, -0.1) is 0 Å². The fourth-order valence-corrected chi connectivity index (χ4v) is 3.63. The van der Waals surface area contributed by atoms with Gasteiger partial charge in [-0.3, -0.25) is 9.69 Å². The number of rotatable bonds is 8. The molecule has 2 rings (SSSR count). The van der Waals surface area contributed by atoms with Crippen LogP contribution in [0.5, 0.6) is 11.5 Å². The van der Waals surface area contributed by atoms with Crippen LogP contribution in [0.3, 0.4) is 0 Å². The third kappa shape index (κ3) is 4.96. The van der Waals surface area contributed by atoms with Crippen molar-refractivity contribution in [2.24, 2.45) is 0 Å². The molecule has 25 heavy (non-hydrogen) atoms. The minimum atomic E-state index is -1.08. The number of carbonyl (C=O) groups excluding carboxylic acids is 2. The van der Waals surface area contributed by atoms with Gasteiger partial charge in [0, 0.05) is 12.5 Å². The van der Waals surface area contributed by atoms with Gasteiger partial charge in [0.25, 0.3) is 5.91 Å². The number of hydrogen-bond acceptors (Lipinski definition) is 7. The highest BCUT2D eigenvalue weighted by Crippen LogP contribution is 2.34. The Morgan fingerprint density at radius 2 is 2.00 bits per heavy atom. The lowest BCUT2D eigenvalue weighted by atomic mass is 10.2. The number of benzene rings is 1. The Labute approximate surface area is 155 Å². The fourth-order valence-electron chi connectivity index (χ4n) is 2.33. The number of aliphatic carboxylic acids is 1. The number of unbranched alkanes of at least 4 members (excludes halogenated alkanes) is 1. The first kappa shape index (κ1) is 19.3. The lowest BCUT2D eigenvalue weighted by molar-refractivity contribution is -0.305. The molecule has 1 saturated heterocycles. The third-order valence-electron chi connectivity index (χ3n) is 3.59. The number of carboxylic acid groups (broad SMARTS) is 1. The van der Waals surface area contributed by atoms with E-state index in [9.17, 15) is 14.7 Å². The Bertz CT molecular complexity index is 717. The molecule has 6 nitrogen and oxygen atoms in total. The van der Waals surface area contributed by atoms with Gasteiger partial charge in [-0.2, -0.15) is 0 Å². The van der Waals surface area contributed by atoms with E-state index in [-0.39, 0.29) is 12.3 Å². The summed E-state index contributed by atoms with van der Waals surface area (Å²) in [5, 5.41) is 10.4. The van der Waals surface area contributed by atoms with Crippen molar-refractivity contribution < 1.29 is 24.2 Å². The van der Waals surface area contributed by atoms with Crippen LogP contribution in [-0.4, -0.2) is 41.9 Å². The van der Waals surface area contributed by atoms with Crippen molar-refractivity contribution in [3.8, 4) is 11.5 Å². The van der Waals surface area contributed by atoms with Crippen molar-refractivity contribution in [1.82, 2.24) is 4.90 Å². The first-order valence-corrected chi connectivity index (χ1v) is 8.86. The molecule has 8 heteroatoms. The summed E-state index contributed by atoms with van der Waals surface area (Å²) in [7, 11) is 3.11. The van der Waals surface area contributed by atoms with Crippen LogP contribution in [0.15, 0.2) is 23.1 Å². The molecule has 0 unspecified atom stereocenters. The topological polar surface area (TPSA) is 78.9 Å². The van der Waals surface area contributed by atoms with Gasteiger partial charge in [-0.25, -0.2) is 0 Å². The number of methoxy groups -OCH3 is 2. The molecule has 1 aliphatic rings. The summed E-state index contributed by atoms with van der Waals surface area (Å²) in [6.07, 6.45) is 2.75. The molecule has 0 aromatic heterocycles. The smallest absolute Gasteiger partial charge is 0.266 e. The van der Waals surface area contributed by atoms with Crippen molar-refractivity contribution in [3.05, 3.63) is 28.7 Å². The van der Waals surface area contributed by atoms with Gasteiger partial charge in [0.15, 0.2) is 11.5 Å². The minimum Gasteiger partial charge on any atom is -0.550 e. The summed E-state index contributed by atoms with van der Waals surface area (Å²) in [6.45, 7) is 0.404. The molecule has 0 N–H and O–H groups in total. The Kier molecular flexibility index (Phi) is 6.83. The van der Waals surface area contributed by atoms with Crippen molar-refractivity contribution in [3.63, 3.8) is 0 Å². The summed E-state index contributed by atoms with van der Waals surface area (Å²) in [4.78, 5) is 24.9. The molecule has 134 valence electrons. The predicted molar refractivity (Wildman–Crippen MR) is 98.3 cm³/mol. The first-order valence-electron chi connectivity index (χ1n) is 7.63. The molecular formula is C17H18NO5S2-. The van der Waals surface area contributed by atoms with E-state index >= 15 is 0 Å². The molecule has 1 fully saturated rings. The zero-order chi connectivity index (χ0) is 18.4. The van der Waals surface area contributed by atoms with E-state index in [1.165, 1.54) is 16.7 Å². The zero-order valence-corrected chi connectivity index (χ0v) is 15.6. The lowest BCUT2D eigenvalue weighted by Crippen LogP contribution is -2.29. The Morgan fingerprint density at radius 3 is 2.64 bits per heavy atom. The SMILES string of the molecule is COc1ccc(/C=C2\SC(=S)N(CCCCC(=O)[O-])C2=O)cc1OC. The van der Waals surface area contributed by atoms with Gasteiger partial charge in [-0.05, 0) is 43.0 Å². The minimum absolute atomic E-state index is 0.0176. The van der Waals surface area contributed by atoms with E-state index in [2.05, 4.69) is 0 Å². The summed E-state index contributed by atoms with van der Waals surface area (Å²) in [5.41, 5.74) is 0.801. The highest BCUT2D eigenvalue weighted by atomic mass is 32.2. The quantitative estimate of drug-likeness (QED) is 0.387. The van der Waals surface area contributed by atoms with Crippen molar-refractivity contribution in [2.75, 3.05) is 20.8 Å². The Morgan fingerprint density at radius 1 is 1.28 bits per heavy atom. The first-order chi connectivity index (χ1) is 12.0. The number of nitrogens with zero attached hydrogens (tertiary/aromatic N) is 1. The Hall–Kier alpha value is -2.06. The molecule has 0 spiro atoms. The van der Waals surface area contributed by atoms with Crippen LogP contribution < -0.4 is 14.6 Å². The summed E-state index contributed by atoms with van der Waals surface area (Å²) in [6, 6.07) is 5.38. The fraction of sp³-hybridized carbons (Fsp3) is 0.353. The molecule has 1 amide bonds. The van der Waals surface area contributed by atoms with Crippen LogP contribution in [0.2, 0.25) is 0 Å². The summed E-state index contributed by atoms with van der Waals surface area (Å²) < 4.78 is 10.9. The molecule has 0 atom stereocenters. The van der Waals surface area contributed by atoms with Gasteiger partial charge >= 0.3 is 0 Å². The summed E-state index contributed by atoms with van der Waals surface area (Å²) >= 11 is 6.49. The van der Waals surface area contributed by atoms with Crippen LogP contribution >= 0.6 is 24.0 Å². The maximum absolute atomic E-state index is 12.5. The number of ether oxygens (including phenoxy) is 2. The van der Waals surface area contributed by atoms with Gasteiger partial charge < -0.3 is 19.4 Å². The number of carbonyl (C=O) groups is 2.